The van der Waals surface area contributed by atoms with Crippen molar-refractivity contribution in [2.75, 3.05) is 49.8 Å². The summed E-state index contributed by atoms with van der Waals surface area (Å²) in [6.45, 7) is 3.50. The molecular formula is C31H39N9O3S2. The number of likely N-dealkylation sites (tertiary alicyclic amines) is 1. The van der Waals surface area contributed by atoms with Gasteiger partial charge >= 0.3 is 0 Å². The number of nitrogens with two attached hydrogens (primary N) is 1. The topological polar surface area (TPSA) is 160 Å². The maximum atomic E-state index is 12.1. The van der Waals surface area contributed by atoms with Crippen molar-refractivity contribution >= 4 is 43.0 Å². The lowest BCUT2D eigenvalue weighted by atomic mass is 9.63. The van der Waals surface area contributed by atoms with Gasteiger partial charge < -0.3 is 20.1 Å². The summed E-state index contributed by atoms with van der Waals surface area (Å²) in [5.41, 5.74) is 9.74. The molecule has 2 N–H and O–H groups in total. The second kappa shape index (κ2) is 11.1. The lowest BCUT2D eigenvalue weighted by Gasteiger charge is -2.39. The third-order valence-electron chi connectivity index (χ3n) is 10.2. The predicted molar refractivity (Wildman–Crippen MR) is 174 cm³/mol. The van der Waals surface area contributed by atoms with Gasteiger partial charge in [-0.3, -0.25) is 0 Å². The number of nitrogen functional groups attached to an aromatic ring is 1. The number of nitrogens with zero attached hydrogens (tertiary/aromatic N) is 8. The number of likely N-dealkylation sites (N-methyl/N-ethyl adjacent to an activating group) is 1. The molecule has 0 amide bonds. The third kappa shape index (κ3) is 4.90. The van der Waals surface area contributed by atoms with Gasteiger partial charge in [0.25, 0.3) is 0 Å². The molecule has 1 spiro atoms. The zero-order valence-corrected chi connectivity index (χ0v) is 27.8. The molecule has 1 fully saturated rings. The van der Waals surface area contributed by atoms with E-state index in [-0.39, 0.29) is 18.3 Å². The van der Waals surface area contributed by atoms with Gasteiger partial charge in [0.15, 0.2) is 22.9 Å². The van der Waals surface area contributed by atoms with E-state index in [1.54, 1.807) is 6.20 Å². The predicted octanol–water partition coefficient (Wildman–Crippen LogP) is 4.09. The van der Waals surface area contributed by atoms with Gasteiger partial charge in [0.2, 0.25) is 0 Å². The average Bonchev–Trinajstić information content (AvgIpc) is 3.79. The van der Waals surface area contributed by atoms with E-state index in [2.05, 4.69) is 30.1 Å². The van der Waals surface area contributed by atoms with E-state index in [1.165, 1.54) is 22.5 Å². The molecule has 0 radical (unpaired) electrons. The fourth-order valence-corrected chi connectivity index (χ4v) is 9.71. The smallest absolute Gasteiger partial charge is 0.186 e. The van der Waals surface area contributed by atoms with Crippen LogP contribution in [0.25, 0.3) is 22.6 Å². The Kier molecular flexibility index (Phi) is 7.41. The van der Waals surface area contributed by atoms with Gasteiger partial charge in [-0.05, 0) is 77.4 Å². The Morgan fingerprint density at radius 3 is 2.76 bits per heavy atom. The molecular weight excluding hydrogens is 611 g/mol. The van der Waals surface area contributed by atoms with Crippen molar-refractivity contribution in [1.82, 2.24) is 29.8 Å². The van der Waals surface area contributed by atoms with Crippen LogP contribution < -0.4 is 10.6 Å². The van der Waals surface area contributed by atoms with Gasteiger partial charge in [-0.25, -0.2) is 23.1 Å². The molecule has 14 heteroatoms. The fourth-order valence-electron chi connectivity index (χ4n) is 7.94. The number of hydrogen-bond donors (Lipinski definition) is 1. The minimum absolute atomic E-state index is 0.00303. The van der Waals surface area contributed by atoms with Crippen molar-refractivity contribution in [3.63, 3.8) is 0 Å². The minimum atomic E-state index is -3.19. The van der Waals surface area contributed by atoms with Crippen LogP contribution in [0.3, 0.4) is 0 Å². The Morgan fingerprint density at radius 1 is 1.27 bits per heavy atom. The van der Waals surface area contributed by atoms with Crippen molar-refractivity contribution in [2.24, 2.45) is 0 Å². The molecule has 4 aromatic rings. The molecule has 2 aliphatic carbocycles. The number of sulfone groups is 1. The van der Waals surface area contributed by atoms with Crippen LogP contribution in [0.1, 0.15) is 78.8 Å². The van der Waals surface area contributed by atoms with Crippen molar-refractivity contribution in [2.45, 2.75) is 75.8 Å². The maximum Gasteiger partial charge on any atom is 0.186 e. The van der Waals surface area contributed by atoms with E-state index in [4.69, 9.17) is 25.3 Å². The Labute approximate surface area is 267 Å². The van der Waals surface area contributed by atoms with Crippen molar-refractivity contribution in [3.8, 4) is 17.6 Å². The Hall–Kier alpha value is -3.54. The minimum Gasteiger partial charge on any atom is -0.389 e. The molecule has 7 rings (SSSR count). The summed E-state index contributed by atoms with van der Waals surface area (Å²) in [4.78, 5) is 15.5. The van der Waals surface area contributed by atoms with Crippen LogP contribution in [0, 0.1) is 11.3 Å². The normalized spacial score (nSPS) is 22.4. The first-order valence-electron chi connectivity index (χ1n) is 15.7. The molecule has 5 heterocycles. The summed E-state index contributed by atoms with van der Waals surface area (Å²) in [6, 6.07) is 2.77. The van der Waals surface area contributed by atoms with Gasteiger partial charge in [-0.1, -0.05) is 5.16 Å². The van der Waals surface area contributed by atoms with Gasteiger partial charge in [-0.2, -0.15) is 10.4 Å². The first-order valence-corrected chi connectivity index (χ1v) is 18.6. The van der Waals surface area contributed by atoms with Crippen molar-refractivity contribution < 1.29 is 12.9 Å². The van der Waals surface area contributed by atoms with E-state index in [0.29, 0.717) is 39.6 Å². The number of rotatable bonds is 7. The van der Waals surface area contributed by atoms with Crippen LogP contribution in [0.15, 0.2) is 10.7 Å². The van der Waals surface area contributed by atoms with E-state index in [0.717, 1.165) is 80.2 Å². The Balaban J connectivity index is 1.38. The molecule has 1 aliphatic heterocycles. The first-order chi connectivity index (χ1) is 21.5. The van der Waals surface area contributed by atoms with Crippen molar-refractivity contribution in [1.29, 1.82) is 5.26 Å². The van der Waals surface area contributed by atoms with Crippen LogP contribution in [0.2, 0.25) is 0 Å². The summed E-state index contributed by atoms with van der Waals surface area (Å²) in [5, 5.41) is 20.9. The number of fused-ring (bicyclic) bond motifs is 5. The van der Waals surface area contributed by atoms with Gasteiger partial charge in [-0.15, -0.1) is 11.3 Å². The largest absolute Gasteiger partial charge is 0.389 e. The molecule has 1 saturated heterocycles. The molecule has 0 unspecified atom stereocenters. The SMILES string of the molecule is C[C@@H]([C@@H]1CCCN1C)n1ncc2c(N(C)CCS(C)(=O)=O)nc(-c3noc4c3CCC[C@@]43CCCc4sc(N)c(C#N)c43)nc21. The summed E-state index contributed by atoms with van der Waals surface area (Å²) in [5.74, 6) is 1.83. The summed E-state index contributed by atoms with van der Waals surface area (Å²) < 4.78 is 32.4. The molecule has 3 aliphatic rings. The molecule has 238 valence electrons. The Bertz CT molecular complexity index is 1930. The second-order valence-corrected chi connectivity index (χ2v) is 16.5. The highest BCUT2D eigenvalue weighted by atomic mass is 32.2. The zero-order chi connectivity index (χ0) is 31.7. The number of nitriles is 1. The van der Waals surface area contributed by atoms with Crippen LogP contribution in [-0.2, 0) is 28.1 Å². The molecule has 12 nitrogen and oxygen atoms in total. The van der Waals surface area contributed by atoms with Crippen LogP contribution >= 0.6 is 11.3 Å². The fraction of sp³-hybridized carbons (Fsp3) is 0.581. The van der Waals surface area contributed by atoms with E-state index in [9.17, 15) is 13.7 Å². The molecule has 0 bridgehead atoms. The average molecular weight is 650 g/mol. The molecule has 0 aromatic carbocycles. The Morgan fingerprint density at radius 2 is 2.04 bits per heavy atom. The number of thiophene rings is 1. The molecule has 4 aromatic heterocycles. The monoisotopic (exact) mass is 649 g/mol. The maximum absolute atomic E-state index is 12.1. The standard InChI is InChI=1S/C31H39N9O3S2/c1-18(22-9-7-13-38(22)2)40-30-21(17-34-40)29(39(3)14-15-45(4,41)42)35-28(36-30)25-19-8-5-11-31(26(19)43-37-25)12-6-10-23-24(31)20(16-32)27(33)44-23/h17-18,22H,5-15,33H2,1-4H3/t18-,22-,31-/m0/s1. The third-order valence-corrected chi connectivity index (χ3v) is 12.2. The van der Waals surface area contributed by atoms with E-state index in [1.807, 2.05) is 16.6 Å². The molecule has 45 heavy (non-hydrogen) atoms. The van der Waals surface area contributed by atoms with E-state index < -0.39 is 15.3 Å². The number of aryl methyl sites for hydroxylation is 1. The lowest BCUT2D eigenvalue weighted by Crippen LogP contribution is -2.35. The number of aromatic nitrogens is 5. The van der Waals surface area contributed by atoms with E-state index >= 15 is 0 Å². The highest BCUT2D eigenvalue weighted by Crippen LogP contribution is 2.55. The lowest BCUT2D eigenvalue weighted by molar-refractivity contribution is 0.232. The van der Waals surface area contributed by atoms with Gasteiger partial charge in [0, 0.05) is 36.3 Å². The van der Waals surface area contributed by atoms with Gasteiger partial charge in [0.05, 0.1) is 34.4 Å². The number of anilines is 2. The zero-order valence-electron chi connectivity index (χ0n) is 26.2. The van der Waals surface area contributed by atoms with Crippen molar-refractivity contribution in [3.05, 3.63) is 33.5 Å². The first kappa shape index (κ1) is 30.1. The highest BCUT2D eigenvalue weighted by Gasteiger charge is 2.49. The summed E-state index contributed by atoms with van der Waals surface area (Å²) >= 11 is 1.52. The summed E-state index contributed by atoms with van der Waals surface area (Å²) in [7, 11) is 0.816. The van der Waals surface area contributed by atoms with Crippen LogP contribution in [0.5, 0.6) is 0 Å². The number of hydrogen-bond acceptors (Lipinski definition) is 12. The summed E-state index contributed by atoms with van der Waals surface area (Å²) in [6.07, 6.45) is 10.5. The second-order valence-electron chi connectivity index (χ2n) is 13.1. The van der Waals surface area contributed by atoms with Gasteiger partial charge in [0.1, 0.15) is 26.7 Å². The molecule has 0 saturated carbocycles. The quantitative estimate of drug-likeness (QED) is 0.307. The van der Waals surface area contributed by atoms with Crippen LogP contribution in [-0.4, -0.2) is 83.5 Å². The molecule has 3 atom stereocenters. The van der Waals surface area contributed by atoms with Crippen LogP contribution in [0.4, 0.5) is 10.8 Å². The highest BCUT2D eigenvalue weighted by molar-refractivity contribution is 7.90.